The summed E-state index contributed by atoms with van der Waals surface area (Å²) in [6.45, 7) is 2.32. The number of nitrogens with zero attached hydrogens (tertiary/aromatic N) is 1. The number of hydrogen-bond donors (Lipinski definition) is 3. The first-order chi connectivity index (χ1) is 12.7. The van der Waals surface area contributed by atoms with Crippen LogP contribution in [0.15, 0.2) is 48.5 Å². The smallest absolute Gasteiger partial charge is 0.271 e. The Balaban J connectivity index is 1.96. The summed E-state index contributed by atoms with van der Waals surface area (Å²) in [6.07, 6.45) is 0. The number of nitro benzene ring substituents is 1. The van der Waals surface area contributed by atoms with E-state index in [1.165, 1.54) is 38.1 Å². The van der Waals surface area contributed by atoms with Crippen LogP contribution < -0.4 is 15.4 Å². The van der Waals surface area contributed by atoms with Crippen molar-refractivity contribution < 1.29 is 24.4 Å². The van der Waals surface area contributed by atoms with Crippen molar-refractivity contribution in [2.45, 2.75) is 19.4 Å². The highest BCUT2D eigenvalue weighted by Gasteiger charge is 2.31. The number of non-ortho nitro benzene ring substituents is 1. The number of carbonyl (C=O) groups excluding carboxylic acids is 2. The van der Waals surface area contributed by atoms with Crippen molar-refractivity contribution in [3.63, 3.8) is 0 Å². The van der Waals surface area contributed by atoms with E-state index in [0.717, 1.165) is 0 Å². The van der Waals surface area contributed by atoms with Crippen molar-refractivity contribution in [3.05, 3.63) is 58.6 Å². The van der Waals surface area contributed by atoms with E-state index in [4.69, 9.17) is 4.74 Å². The molecule has 0 aliphatic rings. The summed E-state index contributed by atoms with van der Waals surface area (Å²) in [4.78, 5) is 33.4. The minimum Gasteiger partial charge on any atom is -0.490 e. The molecule has 0 saturated carbocycles. The Kier molecular flexibility index (Phi) is 6.09. The third kappa shape index (κ3) is 5.79. The molecule has 2 amide bonds. The summed E-state index contributed by atoms with van der Waals surface area (Å²) in [5.74, 6) is -0.574. The van der Waals surface area contributed by atoms with Gasteiger partial charge in [-0.25, -0.2) is 0 Å². The molecule has 0 spiro atoms. The van der Waals surface area contributed by atoms with Gasteiger partial charge in [0.15, 0.2) is 5.60 Å². The van der Waals surface area contributed by atoms with E-state index in [9.17, 15) is 24.8 Å². The Morgan fingerprint density at radius 2 is 1.81 bits per heavy atom. The van der Waals surface area contributed by atoms with Gasteiger partial charge in [0.2, 0.25) is 5.91 Å². The number of nitrogens with one attached hydrogen (secondary N) is 2. The number of nitro groups is 1. The van der Waals surface area contributed by atoms with E-state index in [-0.39, 0.29) is 23.9 Å². The standard InChI is InChI=1S/C18H19N3O6/c1-12(22)19-13-6-8-16(9-7-13)27-11-18(2,24)17(23)20-14-4-3-5-15(10-14)21(25)26/h3-10,24H,11H2,1-2H3,(H,19,22)(H,20,23)/t18-/m0/s1. The summed E-state index contributed by atoms with van der Waals surface area (Å²) >= 11 is 0. The molecular weight excluding hydrogens is 354 g/mol. The third-order valence-electron chi connectivity index (χ3n) is 3.50. The number of carbonyl (C=O) groups is 2. The second-order valence-electron chi connectivity index (χ2n) is 6.03. The number of amides is 2. The Bertz CT molecular complexity index is 848. The first-order valence-corrected chi connectivity index (χ1v) is 7.96. The van der Waals surface area contributed by atoms with Crippen LogP contribution in [0.1, 0.15) is 13.8 Å². The number of ether oxygens (including phenoxy) is 1. The van der Waals surface area contributed by atoms with E-state index in [1.807, 2.05) is 0 Å². The molecule has 0 heterocycles. The van der Waals surface area contributed by atoms with Crippen LogP contribution in [-0.2, 0) is 9.59 Å². The fraction of sp³-hybridized carbons (Fsp3) is 0.222. The average Bonchev–Trinajstić information content (AvgIpc) is 2.61. The van der Waals surface area contributed by atoms with Gasteiger partial charge < -0.3 is 20.5 Å². The number of hydrogen-bond acceptors (Lipinski definition) is 6. The molecule has 142 valence electrons. The number of aliphatic hydroxyl groups is 1. The van der Waals surface area contributed by atoms with Crippen LogP contribution in [0, 0.1) is 10.1 Å². The molecule has 3 N–H and O–H groups in total. The molecule has 0 aliphatic carbocycles. The molecule has 9 nitrogen and oxygen atoms in total. The normalized spacial score (nSPS) is 12.6. The zero-order valence-corrected chi connectivity index (χ0v) is 14.8. The minimum atomic E-state index is -1.87. The van der Waals surface area contributed by atoms with Crippen LogP contribution in [0.5, 0.6) is 5.75 Å². The molecule has 0 fully saturated rings. The highest BCUT2D eigenvalue weighted by atomic mass is 16.6. The highest BCUT2D eigenvalue weighted by Crippen LogP contribution is 2.20. The molecule has 2 aromatic rings. The molecule has 0 unspecified atom stereocenters. The Morgan fingerprint density at radius 1 is 1.15 bits per heavy atom. The van der Waals surface area contributed by atoms with Gasteiger partial charge >= 0.3 is 0 Å². The molecule has 2 aromatic carbocycles. The molecule has 27 heavy (non-hydrogen) atoms. The van der Waals surface area contributed by atoms with Gasteiger partial charge in [-0.05, 0) is 37.3 Å². The van der Waals surface area contributed by atoms with Crippen molar-refractivity contribution in [1.82, 2.24) is 0 Å². The van der Waals surface area contributed by atoms with Crippen LogP contribution in [0.25, 0.3) is 0 Å². The number of anilines is 2. The second-order valence-corrected chi connectivity index (χ2v) is 6.03. The zero-order chi connectivity index (χ0) is 20.0. The number of rotatable bonds is 7. The minimum absolute atomic E-state index is 0.178. The summed E-state index contributed by atoms with van der Waals surface area (Å²) in [5.41, 5.74) is -1.27. The van der Waals surface area contributed by atoms with Crippen LogP contribution in [0.2, 0.25) is 0 Å². The third-order valence-corrected chi connectivity index (χ3v) is 3.50. The van der Waals surface area contributed by atoms with Crippen molar-refractivity contribution in [3.8, 4) is 5.75 Å². The maximum absolute atomic E-state index is 12.3. The Hall–Kier alpha value is -3.46. The second kappa shape index (κ2) is 8.28. The fourth-order valence-corrected chi connectivity index (χ4v) is 2.09. The molecule has 0 saturated heterocycles. The van der Waals surface area contributed by atoms with Crippen molar-refractivity contribution in [2.75, 3.05) is 17.2 Å². The zero-order valence-electron chi connectivity index (χ0n) is 14.8. The average molecular weight is 373 g/mol. The van der Waals surface area contributed by atoms with Crippen LogP contribution in [0.4, 0.5) is 17.1 Å². The van der Waals surface area contributed by atoms with Crippen LogP contribution in [0.3, 0.4) is 0 Å². The lowest BCUT2D eigenvalue weighted by molar-refractivity contribution is -0.384. The molecule has 0 aromatic heterocycles. The largest absolute Gasteiger partial charge is 0.490 e. The molecule has 1 atom stereocenters. The van der Waals surface area contributed by atoms with Gasteiger partial charge in [0.05, 0.1) is 4.92 Å². The topological polar surface area (TPSA) is 131 Å². The Morgan fingerprint density at radius 3 is 2.41 bits per heavy atom. The van der Waals surface area contributed by atoms with Gasteiger partial charge in [-0.3, -0.25) is 19.7 Å². The lowest BCUT2D eigenvalue weighted by Gasteiger charge is -2.22. The van der Waals surface area contributed by atoms with Gasteiger partial charge in [0.25, 0.3) is 11.6 Å². The van der Waals surface area contributed by atoms with Gasteiger partial charge in [-0.1, -0.05) is 6.07 Å². The summed E-state index contributed by atoms with van der Waals surface area (Å²) < 4.78 is 5.42. The lowest BCUT2D eigenvalue weighted by Crippen LogP contribution is -2.45. The monoisotopic (exact) mass is 373 g/mol. The first kappa shape index (κ1) is 19.9. The van der Waals surface area contributed by atoms with Crippen molar-refractivity contribution in [2.24, 2.45) is 0 Å². The first-order valence-electron chi connectivity index (χ1n) is 7.96. The number of benzene rings is 2. The quantitative estimate of drug-likeness (QED) is 0.504. The van der Waals surface area contributed by atoms with E-state index < -0.39 is 16.4 Å². The van der Waals surface area contributed by atoms with Crippen LogP contribution in [-0.4, -0.2) is 34.1 Å². The van der Waals surface area contributed by atoms with E-state index in [0.29, 0.717) is 11.4 Å². The van der Waals surface area contributed by atoms with Gasteiger partial charge in [0, 0.05) is 30.4 Å². The van der Waals surface area contributed by atoms with Crippen molar-refractivity contribution >= 4 is 28.9 Å². The van der Waals surface area contributed by atoms with Crippen LogP contribution >= 0.6 is 0 Å². The molecule has 0 bridgehead atoms. The predicted molar refractivity (Wildman–Crippen MR) is 98.6 cm³/mol. The lowest BCUT2D eigenvalue weighted by atomic mass is 10.1. The molecule has 0 radical (unpaired) electrons. The highest BCUT2D eigenvalue weighted by molar-refractivity contribution is 5.97. The van der Waals surface area contributed by atoms with E-state index in [2.05, 4.69) is 10.6 Å². The van der Waals surface area contributed by atoms with E-state index >= 15 is 0 Å². The maximum atomic E-state index is 12.3. The van der Waals surface area contributed by atoms with E-state index in [1.54, 1.807) is 24.3 Å². The van der Waals surface area contributed by atoms with Gasteiger partial charge in [0.1, 0.15) is 12.4 Å². The summed E-state index contributed by atoms with van der Waals surface area (Å²) in [5, 5.41) is 26.1. The molecule has 0 aliphatic heterocycles. The van der Waals surface area contributed by atoms with Gasteiger partial charge in [-0.2, -0.15) is 0 Å². The molecule has 2 rings (SSSR count). The van der Waals surface area contributed by atoms with Crippen molar-refractivity contribution in [1.29, 1.82) is 0 Å². The Labute approximate surface area is 155 Å². The predicted octanol–water partition coefficient (Wildman–Crippen LogP) is 2.32. The maximum Gasteiger partial charge on any atom is 0.271 e. The molecular formula is C18H19N3O6. The summed E-state index contributed by atoms with van der Waals surface area (Å²) in [7, 11) is 0. The summed E-state index contributed by atoms with van der Waals surface area (Å²) in [6, 6.07) is 11.8. The SMILES string of the molecule is CC(=O)Nc1ccc(OC[C@](C)(O)C(=O)Nc2cccc([N+](=O)[O-])c2)cc1. The fourth-order valence-electron chi connectivity index (χ4n) is 2.09. The van der Waals surface area contributed by atoms with Gasteiger partial charge in [-0.15, -0.1) is 0 Å². The molecule has 9 heteroatoms.